The van der Waals surface area contributed by atoms with E-state index in [1.807, 2.05) is 12.1 Å². The fourth-order valence-electron chi connectivity index (χ4n) is 2.55. The highest BCUT2D eigenvalue weighted by molar-refractivity contribution is 7.90. The minimum absolute atomic E-state index is 0.0122. The van der Waals surface area contributed by atoms with Crippen LogP contribution in [0.4, 0.5) is 4.79 Å². The summed E-state index contributed by atoms with van der Waals surface area (Å²) in [7, 11) is -3.07. The second-order valence-electron chi connectivity index (χ2n) is 5.54. The van der Waals surface area contributed by atoms with Gasteiger partial charge in [0, 0.05) is 19.3 Å². The largest absolute Gasteiger partial charge is 0.468 e. The minimum Gasteiger partial charge on any atom is -0.468 e. The molecular formula is C14H23N3O4S. The Labute approximate surface area is 131 Å². The van der Waals surface area contributed by atoms with E-state index in [-0.39, 0.29) is 24.4 Å². The molecule has 1 atom stereocenters. The number of likely N-dealkylation sites (tertiary alicyclic amines) is 1. The van der Waals surface area contributed by atoms with E-state index in [2.05, 4.69) is 15.5 Å². The number of hydrogen-bond acceptors (Lipinski definition) is 5. The molecule has 7 nitrogen and oxygen atoms in total. The number of furan rings is 1. The second kappa shape index (κ2) is 7.64. The molecule has 0 aliphatic carbocycles. The maximum absolute atomic E-state index is 11.8. The lowest BCUT2D eigenvalue weighted by Crippen LogP contribution is -2.42. The molecule has 2 rings (SSSR count). The summed E-state index contributed by atoms with van der Waals surface area (Å²) < 4.78 is 27.5. The summed E-state index contributed by atoms with van der Waals surface area (Å²) in [6, 6.07) is 3.40. The summed E-state index contributed by atoms with van der Waals surface area (Å²) in [6.07, 6.45) is 5.08. The first-order valence-corrected chi connectivity index (χ1v) is 9.48. The highest BCUT2D eigenvalue weighted by atomic mass is 32.2. The number of carbonyl (C=O) groups excluding carboxylic acids is 1. The molecule has 2 N–H and O–H groups in total. The fourth-order valence-corrected chi connectivity index (χ4v) is 3.02. The molecule has 2 amide bonds. The van der Waals surface area contributed by atoms with Crippen LogP contribution in [0.2, 0.25) is 0 Å². The Morgan fingerprint density at radius 3 is 2.68 bits per heavy atom. The highest BCUT2D eigenvalue weighted by Crippen LogP contribution is 2.24. The van der Waals surface area contributed by atoms with Crippen LogP contribution < -0.4 is 10.6 Å². The summed E-state index contributed by atoms with van der Waals surface area (Å²) >= 11 is 0. The van der Waals surface area contributed by atoms with Crippen molar-refractivity contribution < 1.29 is 17.6 Å². The monoisotopic (exact) mass is 329 g/mol. The Bertz CT molecular complexity index is 565. The molecule has 2 heterocycles. The van der Waals surface area contributed by atoms with E-state index in [9.17, 15) is 13.2 Å². The van der Waals surface area contributed by atoms with Crippen LogP contribution in [0.25, 0.3) is 0 Å². The summed E-state index contributed by atoms with van der Waals surface area (Å²) in [6.45, 7) is 2.52. The summed E-state index contributed by atoms with van der Waals surface area (Å²) in [5.41, 5.74) is 0. The third-order valence-corrected chi connectivity index (χ3v) is 4.61. The van der Waals surface area contributed by atoms with Crippen LogP contribution in [0.5, 0.6) is 0 Å². The van der Waals surface area contributed by atoms with E-state index < -0.39 is 9.84 Å². The SMILES string of the molecule is CS(=O)(=O)CCNC(=O)NC[C@@H](c1ccco1)N1CCCC1. The predicted molar refractivity (Wildman–Crippen MR) is 83.4 cm³/mol. The molecule has 0 aromatic carbocycles. The van der Waals surface area contributed by atoms with Crippen molar-refractivity contribution in [2.75, 3.05) is 38.2 Å². The molecule has 0 radical (unpaired) electrons. The molecule has 0 bridgehead atoms. The number of urea groups is 1. The average Bonchev–Trinajstić information content (AvgIpc) is 3.10. The van der Waals surface area contributed by atoms with E-state index in [0.29, 0.717) is 6.54 Å². The van der Waals surface area contributed by atoms with Gasteiger partial charge in [-0.25, -0.2) is 13.2 Å². The van der Waals surface area contributed by atoms with Gasteiger partial charge in [-0.1, -0.05) is 0 Å². The topological polar surface area (TPSA) is 91.6 Å². The number of nitrogens with zero attached hydrogens (tertiary/aromatic N) is 1. The van der Waals surface area contributed by atoms with E-state index in [0.717, 1.165) is 37.9 Å². The van der Waals surface area contributed by atoms with Crippen LogP contribution >= 0.6 is 0 Å². The van der Waals surface area contributed by atoms with Gasteiger partial charge >= 0.3 is 6.03 Å². The van der Waals surface area contributed by atoms with Crippen LogP contribution in [0.15, 0.2) is 22.8 Å². The first-order chi connectivity index (χ1) is 10.5. The third-order valence-electron chi connectivity index (χ3n) is 3.67. The van der Waals surface area contributed by atoms with E-state index in [1.165, 1.54) is 0 Å². The van der Waals surface area contributed by atoms with Crippen LogP contribution in [-0.2, 0) is 9.84 Å². The zero-order chi connectivity index (χ0) is 16.0. The second-order valence-corrected chi connectivity index (χ2v) is 7.80. The lowest BCUT2D eigenvalue weighted by Gasteiger charge is -2.26. The molecule has 1 fully saturated rings. The van der Waals surface area contributed by atoms with Gasteiger partial charge in [0.15, 0.2) is 0 Å². The van der Waals surface area contributed by atoms with Crippen LogP contribution in [0.3, 0.4) is 0 Å². The van der Waals surface area contributed by atoms with Gasteiger partial charge in [0.1, 0.15) is 15.6 Å². The highest BCUT2D eigenvalue weighted by Gasteiger charge is 2.25. The first kappa shape index (κ1) is 16.8. The lowest BCUT2D eigenvalue weighted by atomic mass is 10.2. The average molecular weight is 329 g/mol. The first-order valence-electron chi connectivity index (χ1n) is 7.42. The van der Waals surface area contributed by atoms with Gasteiger partial charge in [-0.05, 0) is 38.1 Å². The molecule has 1 saturated heterocycles. The van der Waals surface area contributed by atoms with Crippen molar-refractivity contribution in [1.29, 1.82) is 0 Å². The zero-order valence-electron chi connectivity index (χ0n) is 12.7. The van der Waals surface area contributed by atoms with Crippen LogP contribution in [0, 0.1) is 0 Å². The van der Waals surface area contributed by atoms with Crippen molar-refractivity contribution in [1.82, 2.24) is 15.5 Å². The Hall–Kier alpha value is -1.54. The maximum atomic E-state index is 11.8. The van der Waals surface area contributed by atoms with Crippen molar-refractivity contribution in [2.45, 2.75) is 18.9 Å². The number of nitrogens with one attached hydrogen (secondary N) is 2. The van der Waals surface area contributed by atoms with Gasteiger partial charge in [-0.2, -0.15) is 0 Å². The van der Waals surface area contributed by atoms with E-state index in [1.54, 1.807) is 6.26 Å². The summed E-state index contributed by atoms with van der Waals surface area (Å²) in [5, 5.41) is 5.34. The minimum atomic E-state index is -3.07. The number of amides is 2. The molecule has 1 aromatic heterocycles. The fraction of sp³-hybridized carbons (Fsp3) is 0.643. The molecule has 124 valence electrons. The van der Waals surface area contributed by atoms with Crippen molar-refractivity contribution in [2.24, 2.45) is 0 Å². The Balaban J connectivity index is 1.82. The Morgan fingerprint density at radius 1 is 1.36 bits per heavy atom. The van der Waals surface area contributed by atoms with Gasteiger partial charge in [-0.15, -0.1) is 0 Å². The molecule has 0 saturated carbocycles. The molecule has 0 spiro atoms. The van der Waals surface area contributed by atoms with Gasteiger partial charge < -0.3 is 15.1 Å². The van der Waals surface area contributed by atoms with E-state index >= 15 is 0 Å². The molecule has 0 unspecified atom stereocenters. The van der Waals surface area contributed by atoms with Crippen molar-refractivity contribution in [3.05, 3.63) is 24.2 Å². The Kier molecular flexibility index (Phi) is 5.84. The van der Waals surface area contributed by atoms with Gasteiger partial charge in [0.25, 0.3) is 0 Å². The predicted octanol–water partition coefficient (Wildman–Crippen LogP) is 0.760. The third kappa shape index (κ3) is 5.34. The molecule has 8 heteroatoms. The molecule has 1 aromatic rings. The van der Waals surface area contributed by atoms with Gasteiger partial charge in [0.2, 0.25) is 0 Å². The van der Waals surface area contributed by atoms with Gasteiger partial charge in [-0.3, -0.25) is 4.90 Å². The van der Waals surface area contributed by atoms with Crippen molar-refractivity contribution in [3.8, 4) is 0 Å². The smallest absolute Gasteiger partial charge is 0.314 e. The molecule has 1 aliphatic heterocycles. The van der Waals surface area contributed by atoms with Crippen molar-refractivity contribution in [3.63, 3.8) is 0 Å². The number of hydrogen-bond donors (Lipinski definition) is 2. The van der Waals surface area contributed by atoms with Crippen LogP contribution in [0.1, 0.15) is 24.6 Å². The molecular weight excluding hydrogens is 306 g/mol. The Morgan fingerprint density at radius 2 is 2.09 bits per heavy atom. The summed E-state index contributed by atoms with van der Waals surface area (Å²) in [5.74, 6) is 0.770. The number of carbonyl (C=O) groups is 1. The van der Waals surface area contributed by atoms with Gasteiger partial charge in [0.05, 0.1) is 18.1 Å². The lowest BCUT2D eigenvalue weighted by molar-refractivity contribution is 0.203. The van der Waals surface area contributed by atoms with Crippen molar-refractivity contribution >= 4 is 15.9 Å². The summed E-state index contributed by atoms with van der Waals surface area (Å²) in [4.78, 5) is 14.0. The zero-order valence-corrected chi connectivity index (χ0v) is 13.6. The standard InChI is InChI=1S/C14H23N3O4S/c1-22(19,20)10-6-15-14(18)16-11-12(13-5-4-9-21-13)17-7-2-3-8-17/h4-5,9,12H,2-3,6-8,10-11H2,1H3,(H2,15,16,18)/t12-/m0/s1. The number of sulfone groups is 1. The molecule has 22 heavy (non-hydrogen) atoms. The van der Waals surface area contributed by atoms with Crippen LogP contribution in [-0.4, -0.2) is 57.5 Å². The quantitative estimate of drug-likeness (QED) is 0.770. The number of rotatable bonds is 7. The van der Waals surface area contributed by atoms with E-state index in [4.69, 9.17) is 4.42 Å². The maximum Gasteiger partial charge on any atom is 0.314 e. The molecule has 1 aliphatic rings. The normalized spacial score (nSPS) is 17.3.